The van der Waals surface area contributed by atoms with Gasteiger partial charge in [-0.05, 0) is 34.1 Å². The average Bonchev–Trinajstić information content (AvgIpc) is 2.81. The topological polar surface area (TPSA) is 55.9 Å². The SMILES string of the molecule is Cn1nccc1C(Cc1c(F)ccc(Br)c1F)NN. The largest absolute Gasteiger partial charge is 0.271 e. The first-order valence-electron chi connectivity index (χ1n) is 5.61. The molecule has 0 aliphatic carbocycles. The zero-order valence-corrected chi connectivity index (χ0v) is 11.8. The molecule has 102 valence electrons. The third-order valence-electron chi connectivity index (χ3n) is 2.96. The molecule has 4 nitrogen and oxygen atoms in total. The highest BCUT2D eigenvalue weighted by Crippen LogP contribution is 2.26. The Hall–Kier alpha value is -1.31. The number of benzene rings is 1. The van der Waals surface area contributed by atoms with Crippen LogP contribution < -0.4 is 11.3 Å². The molecule has 2 rings (SSSR count). The molecule has 0 bridgehead atoms. The Bertz CT molecular complexity index is 585. The van der Waals surface area contributed by atoms with E-state index in [4.69, 9.17) is 5.84 Å². The zero-order chi connectivity index (χ0) is 14.0. The summed E-state index contributed by atoms with van der Waals surface area (Å²) in [6.07, 6.45) is 1.69. The van der Waals surface area contributed by atoms with Gasteiger partial charge in [0.15, 0.2) is 0 Å². The van der Waals surface area contributed by atoms with Crippen molar-refractivity contribution in [2.45, 2.75) is 12.5 Å². The molecule has 0 fully saturated rings. The Morgan fingerprint density at radius 2 is 2.16 bits per heavy atom. The van der Waals surface area contributed by atoms with Crippen LogP contribution in [0, 0.1) is 11.6 Å². The predicted molar refractivity (Wildman–Crippen MR) is 71.0 cm³/mol. The maximum absolute atomic E-state index is 13.9. The van der Waals surface area contributed by atoms with Gasteiger partial charge in [0.2, 0.25) is 0 Å². The van der Waals surface area contributed by atoms with Gasteiger partial charge in [-0.25, -0.2) is 8.78 Å². The average molecular weight is 331 g/mol. The van der Waals surface area contributed by atoms with E-state index in [0.717, 1.165) is 5.69 Å². The van der Waals surface area contributed by atoms with Crippen LogP contribution in [-0.4, -0.2) is 9.78 Å². The van der Waals surface area contributed by atoms with Gasteiger partial charge in [-0.2, -0.15) is 5.10 Å². The summed E-state index contributed by atoms with van der Waals surface area (Å²) in [5, 5.41) is 4.01. The summed E-state index contributed by atoms with van der Waals surface area (Å²) in [4.78, 5) is 0. The van der Waals surface area contributed by atoms with Crippen molar-refractivity contribution in [1.82, 2.24) is 15.2 Å². The summed E-state index contributed by atoms with van der Waals surface area (Å²) in [6, 6.07) is 3.88. The van der Waals surface area contributed by atoms with Gasteiger partial charge in [0, 0.05) is 25.2 Å². The molecule has 1 atom stereocenters. The Morgan fingerprint density at radius 1 is 1.42 bits per heavy atom. The van der Waals surface area contributed by atoms with Crippen LogP contribution in [0.3, 0.4) is 0 Å². The normalized spacial score (nSPS) is 12.7. The lowest BCUT2D eigenvalue weighted by molar-refractivity contribution is 0.475. The summed E-state index contributed by atoms with van der Waals surface area (Å²) in [5.74, 6) is 4.27. The molecule has 0 amide bonds. The summed E-state index contributed by atoms with van der Waals surface area (Å²) >= 11 is 3.04. The second kappa shape index (κ2) is 5.77. The number of aryl methyl sites for hydroxylation is 1. The van der Waals surface area contributed by atoms with Crippen LogP contribution >= 0.6 is 15.9 Å². The number of nitrogens with zero attached hydrogens (tertiary/aromatic N) is 2. The number of nitrogens with two attached hydrogens (primary N) is 1. The van der Waals surface area contributed by atoms with Crippen molar-refractivity contribution >= 4 is 15.9 Å². The molecule has 2 aromatic rings. The van der Waals surface area contributed by atoms with E-state index in [1.165, 1.54) is 12.1 Å². The minimum atomic E-state index is -0.609. The monoisotopic (exact) mass is 330 g/mol. The maximum Gasteiger partial charge on any atom is 0.143 e. The van der Waals surface area contributed by atoms with Crippen LogP contribution in [0.25, 0.3) is 0 Å². The molecule has 0 saturated carbocycles. The lowest BCUT2D eigenvalue weighted by Crippen LogP contribution is -2.31. The zero-order valence-electron chi connectivity index (χ0n) is 10.2. The smallest absolute Gasteiger partial charge is 0.143 e. The van der Waals surface area contributed by atoms with E-state index in [1.807, 2.05) is 0 Å². The van der Waals surface area contributed by atoms with E-state index in [-0.39, 0.29) is 16.5 Å². The number of hydrogen-bond donors (Lipinski definition) is 2. The maximum atomic E-state index is 13.9. The van der Waals surface area contributed by atoms with Gasteiger partial charge in [0.1, 0.15) is 11.6 Å². The first-order valence-corrected chi connectivity index (χ1v) is 6.40. The lowest BCUT2D eigenvalue weighted by atomic mass is 10.0. The highest BCUT2D eigenvalue weighted by atomic mass is 79.9. The molecule has 0 spiro atoms. The second-order valence-corrected chi connectivity index (χ2v) is 4.98. The molecule has 0 radical (unpaired) electrons. The first-order chi connectivity index (χ1) is 9.04. The molecule has 3 N–H and O–H groups in total. The molecule has 7 heteroatoms. The van der Waals surface area contributed by atoms with Gasteiger partial charge >= 0.3 is 0 Å². The van der Waals surface area contributed by atoms with E-state index in [0.29, 0.717) is 0 Å². The molecule has 19 heavy (non-hydrogen) atoms. The fourth-order valence-electron chi connectivity index (χ4n) is 1.94. The van der Waals surface area contributed by atoms with Gasteiger partial charge in [-0.15, -0.1) is 0 Å². The summed E-state index contributed by atoms with van der Waals surface area (Å²) in [5.41, 5.74) is 3.29. The lowest BCUT2D eigenvalue weighted by Gasteiger charge is -2.17. The van der Waals surface area contributed by atoms with Crippen LogP contribution in [0.2, 0.25) is 0 Å². The van der Waals surface area contributed by atoms with Crippen molar-refractivity contribution < 1.29 is 8.78 Å². The number of halogens is 3. The molecular weight excluding hydrogens is 318 g/mol. The van der Waals surface area contributed by atoms with Gasteiger partial charge in [-0.1, -0.05) is 0 Å². The van der Waals surface area contributed by atoms with Gasteiger partial charge in [0.25, 0.3) is 0 Å². The van der Waals surface area contributed by atoms with Crippen LogP contribution in [-0.2, 0) is 13.5 Å². The molecule has 1 heterocycles. The third kappa shape index (κ3) is 2.83. The Balaban J connectivity index is 2.34. The molecule has 0 saturated heterocycles. The summed E-state index contributed by atoms with van der Waals surface area (Å²) in [7, 11) is 1.74. The predicted octanol–water partition coefficient (Wildman–Crippen LogP) is 2.21. The van der Waals surface area contributed by atoms with Gasteiger partial charge in [0.05, 0.1) is 16.2 Å². The van der Waals surface area contributed by atoms with E-state index in [1.54, 1.807) is 24.0 Å². The standard InChI is InChI=1S/C12H13BrF2N4/c1-19-11(4-5-17-19)10(18-16)6-7-9(14)3-2-8(13)12(7)15/h2-5,10,18H,6,16H2,1H3. The molecule has 0 aliphatic heterocycles. The fourth-order valence-corrected chi connectivity index (χ4v) is 2.31. The number of nitrogens with one attached hydrogen (secondary N) is 1. The number of aromatic nitrogens is 2. The highest BCUT2D eigenvalue weighted by Gasteiger charge is 2.20. The van der Waals surface area contributed by atoms with Crippen LogP contribution in [0.15, 0.2) is 28.9 Å². The van der Waals surface area contributed by atoms with Crippen molar-refractivity contribution in [1.29, 1.82) is 0 Å². The second-order valence-electron chi connectivity index (χ2n) is 4.12. The Kier molecular flexibility index (Phi) is 4.28. The minimum Gasteiger partial charge on any atom is -0.271 e. The molecule has 0 aliphatic rings. The van der Waals surface area contributed by atoms with Crippen molar-refractivity contribution in [3.8, 4) is 0 Å². The minimum absolute atomic E-state index is 0.0153. The van der Waals surface area contributed by atoms with Gasteiger partial charge in [-0.3, -0.25) is 16.0 Å². The summed E-state index contributed by atoms with van der Waals surface area (Å²) in [6.45, 7) is 0. The molecule has 1 unspecified atom stereocenters. The molecule has 1 aromatic heterocycles. The van der Waals surface area contributed by atoms with E-state index >= 15 is 0 Å². The fraction of sp³-hybridized carbons (Fsp3) is 0.250. The van der Waals surface area contributed by atoms with Gasteiger partial charge < -0.3 is 0 Å². The Morgan fingerprint density at radius 3 is 2.74 bits per heavy atom. The van der Waals surface area contributed by atoms with Crippen molar-refractivity contribution in [3.05, 3.63) is 51.8 Å². The van der Waals surface area contributed by atoms with E-state index in [9.17, 15) is 8.78 Å². The quantitative estimate of drug-likeness (QED) is 0.513. The summed E-state index contributed by atoms with van der Waals surface area (Å²) < 4.78 is 29.5. The number of hydrazine groups is 1. The highest BCUT2D eigenvalue weighted by molar-refractivity contribution is 9.10. The number of hydrogen-bond acceptors (Lipinski definition) is 3. The van der Waals surface area contributed by atoms with Crippen LogP contribution in [0.4, 0.5) is 8.78 Å². The molecular formula is C12H13BrF2N4. The first kappa shape index (κ1) is 14.1. The van der Waals surface area contributed by atoms with Crippen molar-refractivity contribution in [2.75, 3.05) is 0 Å². The molecule has 1 aromatic carbocycles. The van der Waals surface area contributed by atoms with Crippen molar-refractivity contribution in [2.24, 2.45) is 12.9 Å². The van der Waals surface area contributed by atoms with E-state index in [2.05, 4.69) is 26.5 Å². The number of rotatable bonds is 4. The van der Waals surface area contributed by atoms with E-state index < -0.39 is 17.7 Å². The van der Waals surface area contributed by atoms with Crippen LogP contribution in [0.1, 0.15) is 17.3 Å². The Labute approximate surface area is 117 Å². The van der Waals surface area contributed by atoms with Crippen LogP contribution in [0.5, 0.6) is 0 Å². The van der Waals surface area contributed by atoms with Crippen molar-refractivity contribution in [3.63, 3.8) is 0 Å². The third-order valence-corrected chi connectivity index (χ3v) is 3.58.